The molecule has 2 rings (SSSR count). The second-order valence-electron chi connectivity index (χ2n) is 6.13. The van der Waals surface area contributed by atoms with Gasteiger partial charge in [0.2, 0.25) is 5.92 Å². The number of hydrazine groups is 1. The van der Waals surface area contributed by atoms with E-state index < -0.39 is 5.92 Å². The van der Waals surface area contributed by atoms with Crippen molar-refractivity contribution in [3.05, 3.63) is 0 Å². The summed E-state index contributed by atoms with van der Waals surface area (Å²) in [6.07, 6.45) is 6.92. The number of ether oxygens (including phenoxy) is 1. The molecule has 1 aliphatic heterocycles. The van der Waals surface area contributed by atoms with Crippen molar-refractivity contribution in [2.75, 3.05) is 6.61 Å². The van der Waals surface area contributed by atoms with Crippen LogP contribution in [-0.4, -0.2) is 24.7 Å². The van der Waals surface area contributed by atoms with Gasteiger partial charge < -0.3 is 4.74 Å². The van der Waals surface area contributed by atoms with E-state index in [9.17, 15) is 8.78 Å². The molecule has 1 heterocycles. The Balaban J connectivity index is 1.71. The first-order valence-corrected chi connectivity index (χ1v) is 7.54. The molecule has 3 unspecified atom stereocenters. The minimum atomic E-state index is -2.46. The molecule has 19 heavy (non-hydrogen) atoms. The van der Waals surface area contributed by atoms with Gasteiger partial charge in [0.25, 0.3) is 0 Å². The largest absolute Gasteiger partial charge is 0.378 e. The average molecular weight is 276 g/mol. The van der Waals surface area contributed by atoms with Crippen molar-refractivity contribution >= 4 is 0 Å². The van der Waals surface area contributed by atoms with E-state index >= 15 is 0 Å². The molecule has 1 saturated carbocycles. The Labute approximate surface area is 114 Å². The molecule has 3 N–H and O–H groups in total. The summed E-state index contributed by atoms with van der Waals surface area (Å²) in [6.45, 7) is 0.861. The molecule has 3 nitrogen and oxygen atoms in total. The molecule has 0 radical (unpaired) electrons. The van der Waals surface area contributed by atoms with Crippen LogP contribution in [0, 0.1) is 5.92 Å². The third-order valence-electron chi connectivity index (χ3n) is 4.46. The average Bonchev–Trinajstić information content (AvgIpc) is 2.86. The van der Waals surface area contributed by atoms with Crippen molar-refractivity contribution < 1.29 is 13.5 Å². The smallest absolute Gasteiger partial charge is 0.248 e. The van der Waals surface area contributed by atoms with Crippen LogP contribution in [0.5, 0.6) is 0 Å². The fraction of sp³-hybridized carbons (Fsp3) is 1.00. The fourth-order valence-electron chi connectivity index (χ4n) is 3.41. The van der Waals surface area contributed by atoms with Gasteiger partial charge in [-0.05, 0) is 50.9 Å². The maximum absolute atomic E-state index is 13.4. The molecule has 112 valence electrons. The normalized spacial score (nSPS) is 32.4. The van der Waals surface area contributed by atoms with E-state index in [1.54, 1.807) is 0 Å². The van der Waals surface area contributed by atoms with Gasteiger partial charge in [0.05, 0.1) is 6.10 Å². The Hall–Kier alpha value is -0.260. The molecule has 2 aliphatic rings. The lowest BCUT2D eigenvalue weighted by molar-refractivity contribution is -0.0550. The maximum atomic E-state index is 13.4. The van der Waals surface area contributed by atoms with Crippen LogP contribution in [0.4, 0.5) is 8.78 Å². The van der Waals surface area contributed by atoms with Crippen molar-refractivity contribution in [1.82, 2.24) is 5.43 Å². The topological polar surface area (TPSA) is 47.3 Å². The number of rotatable bonds is 6. The lowest BCUT2D eigenvalue weighted by atomic mass is 9.82. The monoisotopic (exact) mass is 276 g/mol. The first-order chi connectivity index (χ1) is 9.09. The molecular formula is C14H26F2N2O. The third kappa shape index (κ3) is 4.97. The molecule has 3 atom stereocenters. The summed E-state index contributed by atoms with van der Waals surface area (Å²) in [5.74, 6) is 3.21. The Bertz CT molecular complexity index is 270. The lowest BCUT2D eigenvalue weighted by Crippen LogP contribution is -2.39. The number of alkyl halides is 2. The molecule has 0 aromatic heterocycles. The Kier molecular flexibility index (Phi) is 5.54. The van der Waals surface area contributed by atoms with Gasteiger partial charge in [-0.1, -0.05) is 0 Å². The standard InChI is InChI=1S/C14H26F2N2O/c15-14(16)7-1-3-11(10-14)9-12(18-17)5-6-13-4-2-8-19-13/h11-13,18H,1-10,17H2. The number of hydrogen-bond acceptors (Lipinski definition) is 3. The Morgan fingerprint density at radius 2 is 2.16 bits per heavy atom. The number of nitrogens with two attached hydrogens (primary N) is 1. The van der Waals surface area contributed by atoms with Gasteiger partial charge in [-0.2, -0.15) is 0 Å². The van der Waals surface area contributed by atoms with E-state index in [1.165, 1.54) is 0 Å². The molecule has 0 amide bonds. The van der Waals surface area contributed by atoms with E-state index in [0.29, 0.717) is 12.5 Å². The van der Waals surface area contributed by atoms with Crippen LogP contribution in [0.25, 0.3) is 0 Å². The lowest BCUT2D eigenvalue weighted by Gasteiger charge is -2.31. The third-order valence-corrected chi connectivity index (χ3v) is 4.46. The highest BCUT2D eigenvalue weighted by atomic mass is 19.3. The van der Waals surface area contributed by atoms with Crippen LogP contribution in [0.1, 0.15) is 57.8 Å². The van der Waals surface area contributed by atoms with Gasteiger partial charge in [-0.15, -0.1) is 0 Å². The number of nitrogens with one attached hydrogen (secondary N) is 1. The van der Waals surface area contributed by atoms with Crippen LogP contribution in [0.15, 0.2) is 0 Å². The first-order valence-electron chi connectivity index (χ1n) is 7.54. The molecule has 1 saturated heterocycles. The van der Waals surface area contributed by atoms with Crippen molar-refractivity contribution in [3.8, 4) is 0 Å². The first kappa shape index (κ1) is 15.1. The van der Waals surface area contributed by atoms with E-state index in [2.05, 4.69) is 5.43 Å². The quantitative estimate of drug-likeness (QED) is 0.579. The number of hydrogen-bond donors (Lipinski definition) is 2. The van der Waals surface area contributed by atoms with Gasteiger partial charge in [0.1, 0.15) is 0 Å². The number of halogens is 2. The van der Waals surface area contributed by atoms with Gasteiger partial charge >= 0.3 is 0 Å². The van der Waals surface area contributed by atoms with Gasteiger partial charge in [-0.3, -0.25) is 11.3 Å². The fourth-order valence-corrected chi connectivity index (χ4v) is 3.41. The highest BCUT2D eigenvalue weighted by Crippen LogP contribution is 2.38. The van der Waals surface area contributed by atoms with E-state index in [4.69, 9.17) is 10.6 Å². The summed E-state index contributed by atoms with van der Waals surface area (Å²) in [5, 5.41) is 0. The summed E-state index contributed by atoms with van der Waals surface area (Å²) < 4.78 is 32.3. The summed E-state index contributed by atoms with van der Waals surface area (Å²) in [5.41, 5.74) is 2.80. The Morgan fingerprint density at radius 1 is 1.32 bits per heavy atom. The van der Waals surface area contributed by atoms with Gasteiger partial charge in [0, 0.05) is 25.5 Å². The summed E-state index contributed by atoms with van der Waals surface area (Å²) in [6, 6.07) is 0.142. The molecule has 1 aliphatic carbocycles. The van der Waals surface area contributed by atoms with E-state index in [0.717, 1.165) is 45.1 Å². The van der Waals surface area contributed by atoms with Crippen molar-refractivity contribution in [2.24, 2.45) is 11.8 Å². The maximum Gasteiger partial charge on any atom is 0.248 e. The van der Waals surface area contributed by atoms with Crippen LogP contribution in [0.2, 0.25) is 0 Å². The zero-order chi connectivity index (χ0) is 13.7. The summed E-state index contributed by atoms with van der Waals surface area (Å²) >= 11 is 0. The van der Waals surface area contributed by atoms with Crippen LogP contribution in [0.3, 0.4) is 0 Å². The summed E-state index contributed by atoms with van der Waals surface area (Å²) in [7, 11) is 0. The van der Waals surface area contributed by atoms with Crippen molar-refractivity contribution in [1.29, 1.82) is 0 Å². The van der Waals surface area contributed by atoms with E-state index in [-0.39, 0.29) is 24.8 Å². The molecular weight excluding hydrogens is 250 g/mol. The predicted molar refractivity (Wildman–Crippen MR) is 70.8 cm³/mol. The summed E-state index contributed by atoms with van der Waals surface area (Å²) in [4.78, 5) is 0. The molecule has 0 spiro atoms. The second-order valence-corrected chi connectivity index (χ2v) is 6.13. The second kappa shape index (κ2) is 6.95. The van der Waals surface area contributed by atoms with Crippen LogP contribution >= 0.6 is 0 Å². The van der Waals surface area contributed by atoms with E-state index in [1.807, 2.05) is 0 Å². The molecule has 0 aromatic carbocycles. The minimum Gasteiger partial charge on any atom is -0.378 e. The zero-order valence-corrected chi connectivity index (χ0v) is 11.5. The molecule has 0 aromatic rings. The van der Waals surface area contributed by atoms with Crippen molar-refractivity contribution in [2.45, 2.75) is 75.9 Å². The molecule has 5 heteroatoms. The predicted octanol–water partition coefficient (Wildman–Crippen LogP) is 2.99. The van der Waals surface area contributed by atoms with Crippen LogP contribution in [-0.2, 0) is 4.74 Å². The van der Waals surface area contributed by atoms with Crippen molar-refractivity contribution in [3.63, 3.8) is 0 Å². The Morgan fingerprint density at radius 3 is 2.79 bits per heavy atom. The van der Waals surface area contributed by atoms with Gasteiger partial charge in [0.15, 0.2) is 0 Å². The SMILES string of the molecule is NNC(CCC1CCCO1)CC1CCCC(F)(F)C1. The minimum absolute atomic E-state index is 0.0328. The molecule has 2 fully saturated rings. The van der Waals surface area contributed by atoms with Gasteiger partial charge in [-0.25, -0.2) is 8.78 Å². The molecule has 0 bridgehead atoms. The van der Waals surface area contributed by atoms with Crippen LogP contribution < -0.4 is 11.3 Å². The highest BCUT2D eigenvalue weighted by molar-refractivity contribution is 4.82. The highest BCUT2D eigenvalue weighted by Gasteiger charge is 2.36. The zero-order valence-electron chi connectivity index (χ0n) is 11.5.